The van der Waals surface area contributed by atoms with Gasteiger partial charge >= 0.3 is 0 Å². The molecule has 0 aromatic heterocycles. The molecule has 1 radical (unpaired) electrons. The van der Waals surface area contributed by atoms with Gasteiger partial charge in [0.1, 0.15) is 10.5 Å². The van der Waals surface area contributed by atoms with Gasteiger partial charge in [0.25, 0.3) is 16.6 Å². The minimum Gasteiger partial charge on any atom is -0.442 e. The van der Waals surface area contributed by atoms with Gasteiger partial charge in [-0.1, -0.05) is 182 Å². The molecule has 0 aliphatic rings. The molecule has 4 nitrogen and oxygen atoms in total. The van der Waals surface area contributed by atoms with Crippen LogP contribution in [0.2, 0.25) is 0 Å². The molecule has 11 heteroatoms. The molecule has 0 amide bonds. The zero-order valence-corrected chi connectivity index (χ0v) is 41.1. The molecule has 0 bridgehead atoms. The zero-order valence-electron chi connectivity index (χ0n) is 35.7. The molecule has 0 atom stereocenters. The second-order valence-electron chi connectivity index (χ2n) is 13.3. The Kier molecular flexibility index (Phi) is 26.1. The average Bonchev–Trinajstić information content (AvgIpc) is 3.37. The van der Waals surface area contributed by atoms with Gasteiger partial charge in [-0.15, -0.1) is 36.4 Å². The van der Waals surface area contributed by atoms with Gasteiger partial charge in [-0.2, -0.15) is 54.6 Å². The number of hydrogen-bond acceptors (Lipinski definition) is 3. The summed E-state index contributed by atoms with van der Waals surface area (Å²) in [4.78, 5) is 30.3. The smallest absolute Gasteiger partial charge is 0.285 e. The fourth-order valence-corrected chi connectivity index (χ4v) is 12.2. The van der Waals surface area contributed by atoms with Crippen LogP contribution in [0.3, 0.4) is 0 Å². The van der Waals surface area contributed by atoms with E-state index in [1.165, 1.54) is 72.8 Å². The van der Waals surface area contributed by atoms with Gasteiger partial charge in [-0.3, -0.25) is 0 Å². The molecule has 0 saturated carbocycles. The van der Waals surface area contributed by atoms with Crippen LogP contribution in [0.25, 0.3) is 0 Å². The summed E-state index contributed by atoms with van der Waals surface area (Å²) in [6.07, 6.45) is 0. The van der Waals surface area contributed by atoms with Crippen LogP contribution < -0.4 is 31.1 Å². The van der Waals surface area contributed by atoms with Crippen molar-refractivity contribution < 1.29 is 51.6 Å². The monoisotopic (exact) mass is 954 g/mol. The number of halogens is 3. The first kappa shape index (κ1) is 55.0. The van der Waals surface area contributed by atoms with Gasteiger partial charge in [0.15, 0.2) is 0 Å². The third-order valence-electron chi connectivity index (χ3n) is 9.18. The second-order valence-corrected chi connectivity index (χ2v) is 19.6. The fourth-order valence-electron chi connectivity index (χ4n) is 6.18. The molecule has 0 aliphatic heterocycles. The Balaban J connectivity index is 0.000000298. The zero-order chi connectivity index (χ0) is 45.0. The molecule has 9 rings (SSSR count). The molecular formula is C54H50F3O4Si3V-3. The maximum absolute atomic E-state index is 11.9. The van der Waals surface area contributed by atoms with Crippen molar-refractivity contribution in [2.45, 2.75) is 0 Å². The first-order chi connectivity index (χ1) is 30.8. The average molecular weight is 955 g/mol. The summed E-state index contributed by atoms with van der Waals surface area (Å²) in [5.41, 5.74) is 0. The normalized spacial score (nSPS) is 9.88. The van der Waals surface area contributed by atoms with Gasteiger partial charge in [-0.05, 0) is 31.1 Å². The van der Waals surface area contributed by atoms with Gasteiger partial charge < -0.3 is 19.9 Å². The summed E-state index contributed by atoms with van der Waals surface area (Å²) >= 11 is 0. The topological polar surface area (TPSA) is 92.2 Å². The summed E-state index contributed by atoms with van der Waals surface area (Å²) in [6.45, 7) is 0. The Bertz CT molecular complexity index is 2110. The van der Waals surface area contributed by atoms with E-state index in [-0.39, 0.29) is 41.5 Å². The van der Waals surface area contributed by atoms with E-state index in [0.717, 1.165) is 31.1 Å². The number of rotatable bonds is 6. The predicted molar refractivity (Wildman–Crippen MR) is 264 cm³/mol. The Morgan fingerprint density at radius 2 is 0.431 bits per heavy atom. The van der Waals surface area contributed by atoms with Gasteiger partial charge in [0, 0.05) is 36.0 Å². The minimum absolute atomic E-state index is 0. The van der Waals surface area contributed by atoms with E-state index in [2.05, 4.69) is 18.2 Å². The molecule has 0 spiro atoms. The van der Waals surface area contributed by atoms with Crippen molar-refractivity contribution in [3.63, 3.8) is 0 Å². The summed E-state index contributed by atoms with van der Waals surface area (Å²) < 4.78 is 35.7. The number of hydrogen-bond donors (Lipinski definition) is 3. The van der Waals surface area contributed by atoms with Crippen LogP contribution in [-0.4, -0.2) is 47.0 Å². The second kappa shape index (κ2) is 30.8. The summed E-state index contributed by atoms with van der Waals surface area (Å²) in [7, 11) is -5.45. The third kappa shape index (κ3) is 17.4. The largest absolute Gasteiger partial charge is 0.442 e. The van der Waals surface area contributed by atoms with Gasteiger partial charge in [-0.25, -0.2) is 13.2 Å². The van der Waals surface area contributed by atoms with Crippen molar-refractivity contribution in [3.05, 3.63) is 290 Å². The SMILES string of the molecule is Fc1cc[c-]cc1.Fc1cc[c-]cc1.Fc1cc[c-]cc1.O.O[SiH3].O[Si](c1ccccc1)(c1ccccc1)c1ccccc1.O[Si](c1ccccc1)(c1ccccc1)c1ccccc1.[V]. The van der Waals surface area contributed by atoms with E-state index in [9.17, 15) is 22.8 Å². The van der Waals surface area contributed by atoms with Crippen LogP contribution in [0, 0.1) is 35.7 Å². The molecule has 0 saturated heterocycles. The van der Waals surface area contributed by atoms with Crippen molar-refractivity contribution in [2.24, 2.45) is 0 Å². The predicted octanol–water partition coefficient (Wildman–Crippen LogP) is 5.60. The van der Waals surface area contributed by atoms with E-state index in [4.69, 9.17) is 4.80 Å². The third-order valence-corrected chi connectivity index (χ3v) is 16.2. The van der Waals surface area contributed by atoms with Crippen LogP contribution >= 0.6 is 0 Å². The van der Waals surface area contributed by atoms with Crippen LogP contribution in [-0.2, 0) is 18.6 Å². The van der Waals surface area contributed by atoms with Gasteiger partial charge in [0.05, 0.1) is 0 Å². The maximum Gasteiger partial charge on any atom is 0.285 e. The van der Waals surface area contributed by atoms with E-state index < -0.39 is 16.6 Å². The first-order valence-electron chi connectivity index (χ1n) is 19.9. The molecule has 9 aromatic carbocycles. The molecule has 0 aliphatic carbocycles. The van der Waals surface area contributed by atoms with Crippen molar-refractivity contribution in [2.75, 3.05) is 0 Å². The molecular weight excluding hydrogens is 905 g/mol. The van der Waals surface area contributed by atoms with Crippen LogP contribution in [0.15, 0.2) is 255 Å². The van der Waals surface area contributed by atoms with Crippen molar-refractivity contribution >= 4 is 58.2 Å². The van der Waals surface area contributed by atoms with Crippen LogP contribution in [0.1, 0.15) is 0 Å². The van der Waals surface area contributed by atoms with E-state index >= 15 is 0 Å². The fraction of sp³-hybridized carbons (Fsp3) is 0. The molecule has 0 fully saturated rings. The van der Waals surface area contributed by atoms with Crippen molar-refractivity contribution in [1.82, 2.24) is 0 Å². The summed E-state index contributed by atoms with van der Waals surface area (Å²) in [5.74, 6) is -0.628. The Labute approximate surface area is 398 Å². The van der Waals surface area contributed by atoms with Crippen LogP contribution in [0.5, 0.6) is 0 Å². The first-order valence-corrected chi connectivity index (χ1v) is 24.7. The van der Waals surface area contributed by atoms with Crippen LogP contribution in [0.4, 0.5) is 13.2 Å². The molecule has 0 heterocycles. The molecule has 5 N–H and O–H groups in total. The minimum atomic E-state index is -2.88. The van der Waals surface area contributed by atoms with E-state index in [1.807, 2.05) is 182 Å². The quantitative estimate of drug-likeness (QED) is 0.115. The number of benzene rings is 9. The molecule has 9 aromatic rings. The molecule has 65 heavy (non-hydrogen) atoms. The standard InChI is InChI=1S/2C18H16OSi.3C6H4F.H4OSi.H2O.V/c2*19-20(16-10-4-1-5-11-16,17-12-6-2-7-13-17)18-14-8-3-9-15-18;3*7-6-4-2-1-3-5-6;1-2;;/h2*1-15,19H;3*2-5H;1H,2H3;1H2;/q;;3*-1;;;. The summed E-state index contributed by atoms with van der Waals surface area (Å²) in [6, 6.07) is 85.4. The summed E-state index contributed by atoms with van der Waals surface area (Å²) in [5, 5.41) is 6.07. The maximum atomic E-state index is 11.9. The Morgan fingerprint density at radius 1 is 0.292 bits per heavy atom. The molecule has 0 unspecified atom stereocenters. The Morgan fingerprint density at radius 3 is 0.538 bits per heavy atom. The van der Waals surface area contributed by atoms with Gasteiger partial charge in [0.2, 0.25) is 0 Å². The molecule has 331 valence electrons. The van der Waals surface area contributed by atoms with E-state index in [0.29, 0.717) is 10.5 Å². The van der Waals surface area contributed by atoms with Crippen molar-refractivity contribution in [1.29, 1.82) is 0 Å². The van der Waals surface area contributed by atoms with E-state index in [1.54, 1.807) is 0 Å². The Hall–Kier alpha value is -6.15. The van der Waals surface area contributed by atoms with Crippen molar-refractivity contribution in [3.8, 4) is 0 Å².